The molecule has 1 saturated heterocycles. The number of amides is 2. The van der Waals surface area contributed by atoms with Gasteiger partial charge in [0.25, 0.3) is 11.7 Å². The summed E-state index contributed by atoms with van der Waals surface area (Å²) in [6.45, 7) is 2.61. The summed E-state index contributed by atoms with van der Waals surface area (Å²) >= 11 is 0. The zero-order valence-electron chi connectivity index (χ0n) is 19.4. The number of nitrogens with one attached hydrogen (secondary N) is 1. The third-order valence-corrected chi connectivity index (χ3v) is 6.32. The SMILES string of the molecule is CN1C(=O)[C@@H](NC(=O)c2nnn(Cc3ccccc3)n2)CCc2cc(F)c(N3CCOCC3)cc21. The highest BCUT2D eigenvalue weighted by molar-refractivity contribution is 6.02. The third kappa shape index (κ3) is 4.85. The minimum Gasteiger partial charge on any atom is -0.378 e. The Morgan fingerprint density at radius 3 is 2.71 bits per heavy atom. The number of hydrogen-bond donors (Lipinski definition) is 1. The van der Waals surface area contributed by atoms with Crippen molar-refractivity contribution in [1.29, 1.82) is 0 Å². The van der Waals surface area contributed by atoms with Gasteiger partial charge < -0.3 is 19.9 Å². The highest BCUT2D eigenvalue weighted by Gasteiger charge is 2.32. The highest BCUT2D eigenvalue weighted by Crippen LogP contribution is 2.33. The number of anilines is 2. The molecule has 10 nitrogen and oxygen atoms in total. The number of hydrogen-bond acceptors (Lipinski definition) is 7. The molecule has 182 valence electrons. The van der Waals surface area contributed by atoms with E-state index >= 15 is 0 Å². The maximum atomic E-state index is 14.9. The molecular weight excluding hydrogens is 453 g/mol. The molecule has 35 heavy (non-hydrogen) atoms. The Labute approximate surface area is 201 Å². The summed E-state index contributed by atoms with van der Waals surface area (Å²) in [6.07, 6.45) is 0.765. The summed E-state index contributed by atoms with van der Waals surface area (Å²) in [5.41, 5.74) is 2.79. The van der Waals surface area contributed by atoms with Gasteiger partial charge in [-0.25, -0.2) is 4.39 Å². The number of halogens is 1. The lowest BCUT2D eigenvalue weighted by atomic mass is 10.0. The molecule has 1 aromatic heterocycles. The lowest BCUT2D eigenvalue weighted by molar-refractivity contribution is -0.120. The van der Waals surface area contributed by atoms with Crippen molar-refractivity contribution in [1.82, 2.24) is 25.5 Å². The minimum atomic E-state index is -0.795. The fourth-order valence-corrected chi connectivity index (χ4v) is 4.43. The normalized spacial score (nSPS) is 18.2. The van der Waals surface area contributed by atoms with Crippen LogP contribution in [0.25, 0.3) is 0 Å². The lowest BCUT2D eigenvalue weighted by Gasteiger charge is -2.30. The van der Waals surface area contributed by atoms with Gasteiger partial charge >= 0.3 is 0 Å². The number of carbonyl (C=O) groups excluding carboxylic acids is 2. The summed E-state index contributed by atoms with van der Waals surface area (Å²) in [5, 5.41) is 14.7. The van der Waals surface area contributed by atoms with Crippen LogP contribution in [0.5, 0.6) is 0 Å². The zero-order valence-corrected chi connectivity index (χ0v) is 19.4. The Bertz CT molecular complexity index is 1230. The molecule has 1 N–H and O–H groups in total. The van der Waals surface area contributed by atoms with Gasteiger partial charge in [-0.1, -0.05) is 30.3 Å². The van der Waals surface area contributed by atoms with Gasteiger partial charge in [0.2, 0.25) is 5.91 Å². The molecule has 3 aromatic rings. The largest absolute Gasteiger partial charge is 0.378 e. The fraction of sp³-hybridized carbons (Fsp3) is 0.375. The van der Waals surface area contributed by atoms with Crippen LogP contribution in [0, 0.1) is 5.82 Å². The second-order valence-electron chi connectivity index (χ2n) is 8.62. The number of nitrogens with zero attached hydrogens (tertiary/aromatic N) is 6. The zero-order chi connectivity index (χ0) is 24.4. The van der Waals surface area contributed by atoms with E-state index < -0.39 is 11.9 Å². The number of ether oxygens (including phenoxy) is 1. The van der Waals surface area contributed by atoms with Crippen LogP contribution >= 0.6 is 0 Å². The van der Waals surface area contributed by atoms with E-state index in [0.29, 0.717) is 57.1 Å². The molecule has 2 amide bonds. The van der Waals surface area contributed by atoms with Crippen LogP contribution in [0.2, 0.25) is 0 Å². The van der Waals surface area contributed by atoms with E-state index in [1.54, 1.807) is 13.1 Å². The van der Waals surface area contributed by atoms with Crippen LogP contribution in [0.1, 0.15) is 28.2 Å². The Balaban J connectivity index is 1.29. The maximum Gasteiger partial charge on any atom is 0.293 e. The second-order valence-corrected chi connectivity index (χ2v) is 8.62. The number of likely N-dealkylation sites (N-methyl/N-ethyl adjacent to an activating group) is 1. The topological polar surface area (TPSA) is 105 Å². The van der Waals surface area contributed by atoms with Gasteiger partial charge in [0, 0.05) is 25.8 Å². The number of fused-ring (bicyclic) bond motifs is 1. The second kappa shape index (κ2) is 9.79. The molecule has 3 heterocycles. The lowest BCUT2D eigenvalue weighted by Crippen LogP contribution is -2.47. The first-order chi connectivity index (χ1) is 17.0. The van der Waals surface area contributed by atoms with Crippen molar-refractivity contribution in [3.05, 3.63) is 65.2 Å². The molecule has 2 aliphatic heterocycles. The van der Waals surface area contributed by atoms with E-state index in [4.69, 9.17) is 4.74 Å². The van der Waals surface area contributed by atoms with E-state index in [1.807, 2.05) is 35.2 Å². The summed E-state index contributed by atoms with van der Waals surface area (Å²) in [5.74, 6) is -1.30. The van der Waals surface area contributed by atoms with Crippen molar-refractivity contribution >= 4 is 23.2 Å². The molecular formula is C24H26FN7O3. The Morgan fingerprint density at radius 2 is 1.94 bits per heavy atom. The van der Waals surface area contributed by atoms with Crippen LogP contribution in [0.15, 0.2) is 42.5 Å². The Morgan fingerprint density at radius 1 is 1.17 bits per heavy atom. The number of morpholine rings is 1. The molecule has 0 unspecified atom stereocenters. The van der Waals surface area contributed by atoms with Crippen molar-refractivity contribution in [3.8, 4) is 0 Å². The standard InChI is InChI=1S/C24H26FN7O3/c1-30-20-14-21(31-9-11-35-12-10-31)18(25)13-17(20)7-8-19(24(30)34)26-23(33)22-27-29-32(28-22)15-16-5-3-2-4-6-16/h2-6,13-14,19H,7-12,15H2,1H3,(H,26,33)/t19-/m0/s1. The molecule has 0 bridgehead atoms. The number of benzene rings is 2. The van der Waals surface area contributed by atoms with E-state index in [2.05, 4.69) is 20.7 Å². The molecule has 0 radical (unpaired) electrons. The van der Waals surface area contributed by atoms with Gasteiger partial charge in [0.1, 0.15) is 11.9 Å². The number of aromatic nitrogens is 4. The van der Waals surface area contributed by atoms with Crippen LogP contribution < -0.4 is 15.1 Å². The molecule has 0 saturated carbocycles. The Kier molecular flexibility index (Phi) is 6.41. The van der Waals surface area contributed by atoms with Gasteiger partial charge in [-0.15, -0.1) is 10.2 Å². The van der Waals surface area contributed by atoms with Crippen molar-refractivity contribution in [2.24, 2.45) is 0 Å². The molecule has 0 spiro atoms. The monoisotopic (exact) mass is 479 g/mol. The average molecular weight is 480 g/mol. The summed E-state index contributed by atoms with van der Waals surface area (Å²) in [6, 6.07) is 12.0. The Hall–Kier alpha value is -3.86. The van der Waals surface area contributed by atoms with E-state index in [9.17, 15) is 14.0 Å². The van der Waals surface area contributed by atoms with Gasteiger partial charge in [-0.3, -0.25) is 9.59 Å². The highest BCUT2D eigenvalue weighted by atomic mass is 19.1. The number of rotatable bonds is 5. The first-order valence-electron chi connectivity index (χ1n) is 11.5. The first-order valence-corrected chi connectivity index (χ1v) is 11.5. The van der Waals surface area contributed by atoms with Crippen molar-refractivity contribution in [2.45, 2.75) is 25.4 Å². The maximum absolute atomic E-state index is 14.9. The molecule has 2 aromatic carbocycles. The summed E-state index contributed by atoms with van der Waals surface area (Å²) < 4.78 is 20.3. The van der Waals surface area contributed by atoms with Crippen LogP contribution in [-0.2, 0) is 22.5 Å². The average Bonchev–Trinajstić information content (AvgIpc) is 3.31. The van der Waals surface area contributed by atoms with Crippen LogP contribution in [0.3, 0.4) is 0 Å². The van der Waals surface area contributed by atoms with Crippen molar-refractivity contribution in [2.75, 3.05) is 43.2 Å². The number of carbonyl (C=O) groups is 2. The van der Waals surface area contributed by atoms with Gasteiger partial charge in [-0.05, 0) is 41.3 Å². The van der Waals surface area contributed by atoms with Gasteiger partial charge in [0.05, 0.1) is 25.4 Å². The first kappa shape index (κ1) is 22.9. The van der Waals surface area contributed by atoms with Crippen molar-refractivity contribution < 1.29 is 18.7 Å². The van der Waals surface area contributed by atoms with E-state index in [0.717, 1.165) is 11.1 Å². The van der Waals surface area contributed by atoms with Crippen LogP contribution in [0.4, 0.5) is 15.8 Å². The number of tetrazole rings is 1. The van der Waals surface area contributed by atoms with Crippen molar-refractivity contribution in [3.63, 3.8) is 0 Å². The molecule has 11 heteroatoms. The predicted molar refractivity (Wildman–Crippen MR) is 126 cm³/mol. The molecule has 1 fully saturated rings. The summed E-state index contributed by atoms with van der Waals surface area (Å²) in [7, 11) is 1.64. The smallest absolute Gasteiger partial charge is 0.293 e. The molecule has 0 aliphatic carbocycles. The van der Waals surface area contributed by atoms with E-state index in [-0.39, 0.29) is 17.5 Å². The molecule has 2 aliphatic rings. The fourth-order valence-electron chi connectivity index (χ4n) is 4.43. The quantitative estimate of drug-likeness (QED) is 0.590. The predicted octanol–water partition coefficient (Wildman–Crippen LogP) is 1.40. The van der Waals surface area contributed by atoms with Gasteiger partial charge in [0.15, 0.2) is 0 Å². The molecule has 1 atom stereocenters. The van der Waals surface area contributed by atoms with E-state index in [1.165, 1.54) is 15.8 Å². The van der Waals surface area contributed by atoms with Crippen LogP contribution in [-0.4, -0.2) is 71.4 Å². The third-order valence-electron chi connectivity index (χ3n) is 6.32. The number of aryl methyl sites for hydroxylation is 1. The molecule has 5 rings (SSSR count). The minimum absolute atomic E-state index is 0.112. The summed E-state index contributed by atoms with van der Waals surface area (Å²) in [4.78, 5) is 30.7. The van der Waals surface area contributed by atoms with Gasteiger partial charge in [-0.2, -0.15) is 4.80 Å².